The van der Waals surface area contributed by atoms with E-state index in [-0.39, 0.29) is 6.10 Å². The van der Waals surface area contributed by atoms with Gasteiger partial charge < -0.3 is 5.11 Å². The van der Waals surface area contributed by atoms with E-state index in [1.807, 2.05) is 0 Å². The van der Waals surface area contributed by atoms with Gasteiger partial charge in [-0.2, -0.15) is 11.8 Å². The number of hydrogen-bond acceptors (Lipinski definition) is 2. The quantitative estimate of drug-likeness (QED) is 0.798. The van der Waals surface area contributed by atoms with Crippen molar-refractivity contribution >= 4 is 11.8 Å². The number of aliphatic hydroxyl groups excluding tert-OH is 1. The lowest BCUT2D eigenvalue weighted by Gasteiger charge is -2.30. The van der Waals surface area contributed by atoms with Crippen LogP contribution in [0.5, 0.6) is 0 Å². The number of rotatable bonds is 3. The lowest BCUT2D eigenvalue weighted by atomic mass is 9.81. The molecule has 1 aliphatic heterocycles. The van der Waals surface area contributed by atoms with E-state index >= 15 is 0 Å². The molecule has 0 aromatic heterocycles. The minimum Gasteiger partial charge on any atom is -0.393 e. The second kappa shape index (κ2) is 6.15. The highest BCUT2D eigenvalue weighted by atomic mass is 32.2. The molecule has 1 unspecified atom stereocenters. The van der Waals surface area contributed by atoms with Gasteiger partial charge in [0.2, 0.25) is 0 Å². The molecule has 0 bridgehead atoms. The van der Waals surface area contributed by atoms with Gasteiger partial charge in [0.25, 0.3) is 0 Å². The molecule has 88 valence electrons. The first kappa shape index (κ1) is 11.8. The van der Waals surface area contributed by atoms with E-state index in [0.717, 1.165) is 12.3 Å². The van der Waals surface area contributed by atoms with Gasteiger partial charge in [0.15, 0.2) is 0 Å². The average molecular weight is 228 g/mol. The summed E-state index contributed by atoms with van der Waals surface area (Å²) in [6.45, 7) is 0. The van der Waals surface area contributed by atoms with Gasteiger partial charge in [-0.1, -0.05) is 19.3 Å². The van der Waals surface area contributed by atoms with Crippen LogP contribution in [0.3, 0.4) is 0 Å². The van der Waals surface area contributed by atoms with E-state index in [4.69, 9.17) is 0 Å². The highest BCUT2D eigenvalue weighted by molar-refractivity contribution is 7.99. The zero-order valence-corrected chi connectivity index (χ0v) is 10.5. The Bertz CT molecular complexity index is 171. The zero-order valence-electron chi connectivity index (χ0n) is 9.66. The Hall–Kier alpha value is 0.310. The second-order valence-electron chi connectivity index (χ2n) is 5.26. The van der Waals surface area contributed by atoms with Crippen molar-refractivity contribution < 1.29 is 5.11 Å². The predicted octanol–water partition coefficient (Wildman–Crippen LogP) is 3.46. The van der Waals surface area contributed by atoms with Crippen LogP contribution in [0, 0.1) is 11.8 Å². The van der Waals surface area contributed by atoms with Crippen molar-refractivity contribution in [2.75, 3.05) is 11.5 Å². The molecule has 2 aliphatic rings. The van der Waals surface area contributed by atoms with E-state index in [2.05, 4.69) is 11.8 Å². The highest BCUT2D eigenvalue weighted by Gasteiger charge is 2.25. The van der Waals surface area contributed by atoms with Gasteiger partial charge in [0.1, 0.15) is 0 Å². The Morgan fingerprint density at radius 1 is 1.00 bits per heavy atom. The Labute approximate surface area is 98.0 Å². The fourth-order valence-corrected chi connectivity index (χ4v) is 4.24. The largest absolute Gasteiger partial charge is 0.393 e. The molecule has 0 spiro atoms. The molecule has 1 saturated heterocycles. The number of thioether (sulfide) groups is 1. The molecule has 0 aromatic rings. The normalized spacial score (nSPS) is 27.8. The summed E-state index contributed by atoms with van der Waals surface area (Å²) >= 11 is 2.08. The van der Waals surface area contributed by atoms with E-state index in [0.29, 0.717) is 5.92 Å². The SMILES string of the molecule is OC(CC1CCSCC1)C1CCCCC1. The summed E-state index contributed by atoms with van der Waals surface area (Å²) in [6.07, 6.45) is 10.4. The summed E-state index contributed by atoms with van der Waals surface area (Å²) in [5.74, 6) is 4.10. The minimum atomic E-state index is 0.0124. The maximum Gasteiger partial charge on any atom is 0.0571 e. The van der Waals surface area contributed by atoms with Crippen LogP contribution in [0.25, 0.3) is 0 Å². The molecule has 1 nitrogen and oxygen atoms in total. The van der Waals surface area contributed by atoms with Gasteiger partial charge in [0, 0.05) is 0 Å². The third kappa shape index (κ3) is 3.67. The first-order chi connectivity index (χ1) is 7.36. The summed E-state index contributed by atoms with van der Waals surface area (Å²) in [4.78, 5) is 0. The predicted molar refractivity (Wildman–Crippen MR) is 67.2 cm³/mol. The molecule has 1 atom stereocenters. The monoisotopic (exact) mass is 228 g/mol. The van der Waals surface area contributed by atoms with Gasteiger partial charge in [-0.15, -0.1) is 0 Å². The highest BCUT2D eigenvalue weighted by Crippen LogP contribution is 2.32. The number of hydrogen-bond donors (Lipinski definition) is 1. The second-order valence-corrected chi connectivity index (χ2v) is 6.48. The summed E-state index contributed by atoms with van der Waals surface area (Å²) in [6, 6.07) is 0. The van der Waals surface area contributed by atoms with Crippen molar-refractivity contribution in [1.29, 1.82) is 0 Å². The van der Waals surface area contributed by atoms with Gasteiger partial charge in [-0.05, 0) is 55.4 Å². The fraction of sp³-hybridized carbons (Fsp3) is 1.00. The summed E-state index contributed by atoms with van der Waals surface area (Å²) in [5.41, 5.74) is 0. The standard InChI is InChI=1S/C13H24OS/c14-13(12-4-2-1-3-5-12)10-11-6-8-15-9-7-11/h11-14H,1-10H2. The van der Waals surface area contributed by atoms with Gasteiger partial charge in [0.05, 0.1) is 6.10 Å². The lowest BCUT2D eigenvalue weighted by molar-refractivity contribution is 0.0609. The minimum absolute atomic E-state index is 0.0124. The smallest absolute Gasteiger partial charge is 0.0571 e. The van der Waals surface area contributed by atoms with Crippen molar-refractivity contribution in [1.82, 2.24) is 0 Å². The van der Waals surface area contributed by atoms with Crippen LogP contribution in [0.4, 0.5) is 0 Å². The van der Waals surface area contributed by atoms with Gasteiger partial charge >= 0.3 is 0 Å². The number of aliphatic hydroxyl groups is 1. The molecule has 0 radical (unpaired) electrons. The fourth-order valence-electron chi connectivity index (χ4n) is 3.04. The average Bonchev–Trinajstić information content (AvgIpc) is 2.31. The lowest BCUT2D eigenvalue weighted by Crippen LogP contribution is -2.26. The topological polar surface area (TPSA) is 20.2 Å². The van der Waals surface area contributed by atoms with Gasteiger partial charge in [-0.3, -0.25) is 0 Å². The molecule has 2 heteroatoms. The molecule has 1 heterocycles. The third-order valence-electron chi connectivity index (χ3n) is 4.11. The van der Waals surface area contributed by atoms with Crippen molar-refractivity contribution in [3.05, 3.63) is 0 Å². The van der Waals surface area contributed by atoms with Crippen LogP contribution in [-0.2, 0) is 0 Å². The molecule has 1 saturated carbocycles. The molecule has 1 aliphatic carbocycles. The van der Waals surface area contributed by atoms with Crippen LogP contribution >= 0.6 is 11.8 Å². The zero-order chi connectivity index (χ0) is 10.5. The molecule has 15 heavy (non-hydrogen) atoms. The molecular formula is C13H24OS. The molecule has 0 aromatic carbocycles. The Balaban J connectivity index is 1.72. The van der Waals surface area contributed by atoms with Crippen LogP contribution in [0.2, 0.25) is 0 Å². The van der Waals surface area contributed by atoms with Crippen molar-refractivity contribution in [3.8, 4) is 0 Å². The van der Waals surface area contributed by atoms with Crippen molar-refractivity contribution in [2.45, 2.75) is 57.5 Å². The first-order valence-electron chi connectivity index (χ1n) is 6.62. The van der Waals surface area contributed by atoms with Crippen LogP contribution in [-0.4, -0.2) is 22.7 Å². The molecular weight excluding hydrogens is 204 g/mol. The van der Waals surface area contributed by atoms with Crippen molar-refractivity contribution in [2.24, 2.45) is 11.8 Å². The van der Waals surface area contributed by atoms with Crippen molar-refractivity contribution in [3.63, 3.8) is 0 Å². The van der Waals surface area contributed by atoms with E-state index in [9.17, 15) is 5.11 Å². The summed E-state index contributed by atoms with van der Waals surface area (Å²) in [5, 5.41) is 10.2. The van der Waals surface area contributed by atoms with Crippen LogP contribution < -0.4 is 0 Å². The third-order valence-corrected chi connectivity index (χ3v) is 5.16. The van der Waals surface area contributed by atoms with Gasteiger partial charge in [-0.25, -0.2) is 0 Å². The Kier molecular flexibility index (Phi) is 4.83. The summed E-state index contributed by atoms with van der Waals surface area (Å²) in [7, 11) is 0. The van der Waals surface area contributed by atoms with Crippen LogP contribution in [0.15, 0.2) is 0 Å². The Morgan fingerprint density at radius 2 is 1.67 bits per heavy atom. The molecule has 2 rings (SSSR count). The first-order valence-corrected chi connectivity index (χ1v) is 7.77. The molecule has 0 amide bonds. The maximum absolute atomic E-state index is 10.2. The van der Waals surface area contributed by atoms with Crippen LogP contribution in [0.1, 0.15) is 51.4 Å². The Morgan fingerprint density at radius 3 is 2.33 bits per heavy atom. The molecule has 2 fully saturated rings. The summed E-state index contributed by atoms with van der Waals surface area (Å²) < 4.78 is 0. The van der Waals surface area contributed by atoms with E-state index < -0.39 is 0 Å². The van der Waals surface area contributed by atoms with E-state index in [1.54, 1.807) is 0 Å². The maximum atomic E-state index is 10.2. The molecule has 1 N–H and O–H groups in total. The van der Waals surface area contributed by atoms with E-state index in [1.165, 1.54) is 56.5 Å².